The highest BCUT2D eigenvalue weighted by Gasteiger charge is 2.12. The van der Waals surface area contributed by atoms with Crippen molar-refractivity contribution in [3.63, 3.8) is 0 Å². The molecule has 0 fully saturated rings. The van der Waals surface area contributed by atoms with Crippen molar-refractivity contribution in [1.82, 2.24) is 9.55 Å². The summed E-state index contributed by atoms with van der Waals surface area (Å²) >= 11 is 5.77. The van der Waals surface area contributed by atoms with Gasteiger partial charge >= 0.3 is 5.97 Å². The van der Waals surface area contributed by atoms with E-state index >= 15 is 0 Å². The fourth-order valence-corrected chi connectivity index (χ4v) is 2.27. The number of nitrogens with one attached hydrogen (secondary N) is 1. The number of aromatic nitrogens is 2. The molecule has 0 atom stereocenters. The molecule has 3 heterocycles. The lowest BCUT2D eigenvalue weighted by Crippen LogP contribution is -2.27. The van der Waals surface area contributed by atoms with Crippen molar-refractivity contribution in [2.45, 2.75) is 13.2 Å². The topological polar surface area (TPSA) is 81.1 Å². The average Bonchev–Trinajstić information content (AvgIpc) is 3.10. The summed E-state index contributed by atoms with van der Waals surface area (Å²) in [6.07, 6.45) is 4.87. The second-order valence-corrected chi connectivity index (χ2v) is 5.43. The molecule has 3 aromatic rings. The Morgan fingerprint density at radius 2 is 2.17 bits per heavy atom. The first-order chi connectivity index (χ1) is 11.6. The van der Waals surface area contributed by atoms with Gasteiger partial charge in [0, 0.05) is 12.4 Å². The van der Waals surface area contributed by atoms with Crippen LogP contribution in [0.2, 0.25) is 5.15 Å². The van der Waals surface area contributed by atoms with Crippen LogP contribution in [0.15, 0.2) is 59.5 Å². The number of pyridine rings is 2. The first-order valence-corrected chi connectivity index (χ1v) is 7.55. The van der Waals surface area contributed by atoms with Crippen molar-refractivity contribution in [3.8, 4) is 0 Å². The predicted molar refractivity (Wildman–Crippen MR) is 86.5 cm³/mol. The summed E-state index contributed by atoms with van der Waals surface area (Å²) in [5.74, 6) is -0.0223. The number of furan rings is 1. The summed E-state index contributed by atoms with van der Waals surface area (Å²) in [5, 5.41) is 8.62. The summed E-state index contributed by atoms with van der Waals surface area (Å²) < 4.78 is 11.9. The maximum absolute atomic E-state index is 12.2. The fourth-order valence-electron chi connectivity index (χ4n) is 2.15. The normalized spacial score (nSPS) is 10.5. The summed E-state index contributed by atoms with van der Waals surface area (Å²) in [7, 11) is 0. The number of halogens is 1. The maximum Gasteiger partial charge on any atom is 0.342 e. The van der Waals surface area contributed by atoms with E-state index < -0.39 is 5.97 Å². The Hall–Kier alpha value is -2.86. The van der Waals surface area contributed by atoms with E-state index in [1.807, 2.05) is 6.07 Å². The monoisotopic (exact) mass is 343 g/mol. The van der Waals surface area contributed by atoms with Gasteiger partial charge in [-0.25, -0.2) is 9.78 Å². The third-order valence-corrected chi connectivity index (χ3v) is 3.58. The molecule has 0 aliphatic heterocycles. The summed E-state index contributed by atoms with van der Waals surface area (Å²) in [6, 6.07) is 10.2. The number of hydrogen-bond donors (Lipinski definition) is 1. The second-order valence-electron chi connectivity index (χ2n) is 5.04. The van der Waals surface area contributed by atoms with Crippen LogP contribution in [0.4, 0.5) is 0 Å². The van der Waals surface area contributed by atoms with Crippen molar-refractivity contribution in [2.24, 2.45) is 0 Å². The molecule has 0 aliphatic carbocycles. The summed E-state index contributed by atoms with van der Waals surface area (Å²) in [4.78, 5) is 16.2. The number of hydrogen-bond acceptors (Lipinski definition) is 5. The molecule has 0 saturated carbocycles. The molecule has 1 N–H and O–H groups in total. The number of ether oxygens (including phenoxy) is 1. The molecular weight excluding hydrogens is 330 g/mol. The summed E-state index contributed by atoms with van der Waals surface area (Å²) in [5.41, 5.74) is 1.13. The Bertz CT molecular complexity index is 886. The van der Waals surface area contributed by atoms with Crippen LogP contribution in [0.5, 0.6) is 0 Å². The quantitative estimate of drug-likeness (QED) is 0.570. The number of carbonyl (C=O) groups excluding carboxylic acids is 1. The third-order valence-electron chi connectivity index (χ3n) is 3.36. The molecule has 6 nitrogen and oxygen atoms in total. The lowest BCUT2D eigenvalue weighted by molar-refractivity contribution is 0.0442. The van der Waals surface area contributed by atoms with E-state index in [4.69, 9.17) is 26.2 Å². The van der Waals surface area contributed by atoms with Gasteiger partial charge in [-0.2, -0.15) is 0 Å². The van der Waals surface area contributed by atoms with Crippen LogP contribution in [-0.2, 0) is 17.9 Å². The number of esters is 1. The van der Waals surface area contributed by atoms with Crippen molar-refractivity contribution in [3.05, 3.63) is 82.6 Å². The van der Waals surface area contributed by atoms with Gasteiger partial charge in [0.15, 0.2) is 0 Å². The lowest BCUT2D eigenvalue weighted by Gasteiger charge is -2.10. The lowest BCUT2D eigenvalue weighted by atomic mass is 10.2. The molecule has 0 aliphatic rings. The molecule has 0 radical (unpaired) electrons. The molecule has 0 aromatic carbocycles. The highest BCUT2D eigenvalue weighted by Crippen LogP contribution is 2.07. The van der Waals surface area contributed by atoms with Gasteiger partial charge in [-0.3, -0.25) is 5.41 Å². The smallest absolute Gasteiger partial charge is 0.342 e. The van der Waals surface area contributed by atoms with Crippen molar-refractivity contribution in [2.75, 3.05) is 0 Å². The van der Waals surface area contributed by atoms with Crippen LogP contribution in [0.1, 0.15) is 21.7 Å². The molecule has 0 amide bonds. The zero-order valence-corrected chi connectivity index (χ0v) is 13.4. The molecule has 3 rings (SSSR count). The first-order valence-electron chi connectivity index (χ1n) is 7.17. The van der Waals surface area contributed by atoms with E-state index in [1.54, 1.807) is 47.3 Å². The van der Waals surface area contributed by atoms with E-state index in [9.17, 15) is 4.79 Å². The minimum Gasteiger partial charge on any atom is -0.466 e. The molecule has 122 valence electrons. The second kappa shape index (κ2) is 7.14. The molecule has 0 spiro atoms. The van der Waals surface area contributed by atoms with E-state index in [0.29, 0.717) is 17.5 Å². The molecular formula is C17H14ClN3O3. The highest BCUT2D eigenvalue weighted by atomic mass is 35.5. The van der Waals surface area contributed by atoms with Crippen LogP contribution < -0.4 is 5.49 Å². The minimum absolute atomic E-state index is 0.0290. The van der Waals surface area contributed by atoms with Gasteiger partial charge in [-0.15, -0.1) is 0 Å². The molecule has 24 heavy (non-hydrogen) atoms. The molecule has 0 bridgehead atoms. The summed E-state index contributed by atoms with van der Waals surface area (Å²) in [6.45, 7) is 0.434. The average molecular weight is 344 g/mol. The maximum atomic E-state index is 12.2. The van der Waals surface area contributed by atoms with Gasteiger partial charge in [-0.05, 0) is 35.9 Å². The SMILES string of the molecule is N=c1c(C(=O)OCc2ccco2)cccn1Cc1ccc(Cl)nc1. The molecule has 0 saturated heterocycles. The van der Waals surface area contributed by atoms with Crippen LogP contribution in [0.25, 0.3) is 0 Å². The van der Waals surface area contributed by atoms with Crippen LogP contribution in [0, 0.1) is 5.41 Å². The minimum atomic E-state index is -0.569. The highest BCUT2D eigenvalue weighted by molar-refractivity contribution is 6.29. The van der Waals surface area contributed by atoms with E-state index in [1.165, 1.54) is 6.26 Å². The van der Waals surface area contributed by atoms with Crippen LogP contribution >= 0.6 is 11.6 Å². The van der Waals surface area contributed by atoms with Crippen LogP contribution in [0.3, 0.4) is 0 Å². The van der Waals surface area contributed by atoms with E-state index in [-0.39, 0.29) is 17.7 Å². The Labute approximate surface area is 142 Å². The van der Waals surface area contributed by atoms with Crippen molar-refractivity contribution in [1.29, 1.82) is 5.41 Å². The van der Waals surface area contributed by atoms with Gasteiger partial charge in [0.2, 0.25) is 0 Å². The first kappa shape index (κ1) is 16.0. The molecule has 0 unspecified atom stereocenters. The zero-order valence-electron chi connectivity index (χ0n) is 12.6. The Balaban J connectivity index is 1.76. The van der Waals surface area contributed by atoms with Gasteiger partial charge in [0.25, 0.3) is 0 Å². The van der Waals surface area contributed by atoms with Crippen molar-refractivity contribution < 1.29 is 13.9 Å². The number of carbonyl (C=O) groups is 1. The van der Waals surface area contributed by atoms with Gasteiger partial charge in [0.1, 0.15) is 28.6 Å². The van der Waals surface area contributed by atoms with Gasteiger partial charge in [0.05, 0.1) is 12.8 Å². The Kier molecular flexibility index (Phi) is 4.77. The standard InChI is InChI=1S/C17H14ClN3O3/c18-15-6-5-12(9-20-15)10-21-7-1-4-14(16(21)19)17(22)24-11-13-3-2-8-23-13/h1-9,19H,10-11H2. The molecule has 3 aromatic heterocycles. The van der Waals surface area contributed by atoms with Crippen molar-refractivity contribution >= 4 is 17.6 Å². The number of nitrogens with zero attached hydrogens (tertiary/aromatic N) is 2. The number of rotatable bonds is 5. The molecule has 7 heteroatoms. The zero-order chi connectivity index (χ0) is 16.9. The Morgan fingerprint density at radius 1 is 1.29 bits per heavy atom. The van der Waals surface area contributed by atoms with Gasteiger partial charge in [-0.1, -0.05) is 17.7 Å². The van der Waals surface area contributed by atoms with Crippen LogP contribution in [-0.4, -0.2) is 15.5 Å². The third kappa shape index (κ3) is 3.72. The largest absolute Gasteiger partial charge is 0.466 e. The van der Waals surface area contributed by atoms with E-state index in [2.05, 4.69) is 4.98 Å². The van der Waals surface area contributed by atoms with E-state index in [0.717, 1.165) is 5.56 Å². The fraction of sp³-hybridized carbons (Fsp3) is 0.118. The van der Waals surface area contributed by atoms with Gasteiger partial charge < -0.3 is 13.7 Å². The Morgan fingerprint density at radius 3 is 2.88 bits per heavy atom. The predicted octanol–water partition coefficient (Wildman–Crippen LogP) is 3.01.